The maximum Gasteiger partial charge on any atom is 0.410 e. The fraction of sp³-hybridized carbons (Fsp3) is 0.440. The number of ether oxygens (including phenoxy) is 2. The summed E-state index contributed by atoms with van der Waals surface area (Å²) in [5.74, 6) is -2.93. The monoisotopic (exact) mass is 478 g/mol. The molecule has 0 bridgehead atoms. The number of nitrogens with zero attached hydrogens (tertiary/aromatic N) is 2. The first-order valence-electron chi connectivity index (χ1n) is 11.0. The van der Waals surface area contributed by atoms with Crippen LogP contribution in [0.25, 0.3) is 11.1 Å². The van der Waals surface area contributed by atoms with E-state index in [1.165, 1.54) is 25.5 Å². The second kappa shape index (κ2) is 10.8. The predicted octanol–water partition coefficient (Wildman–Crippen LogP) is 5.78. The van der Waals surface area contributed by atoms with Crippen LogP contribution in [0.3, 0.4) is 0 Å². The number of halogens is 3. The van der Waals surface area contributed by atoms with Crippen molar-refractivity contribution in [3.05, 3.63) is 53.3 Å². The number of piperidine rings is 1. The molecule has 0 radical (unpaired) electrons. The van der Waals surface area contributed by atoms with Gasteiger partial charge in [-0.1, -0.05) is 17.3 Å². The molecule has 0 aliphatic carbocycles. The molecule has 184 valence electrons. The van der Waals surface area contributed by atoms with Crippen molar-refractivity contribution in [3.8, 4) is 16.9 Å². The van der Waals surface area contributed by atoms with E-state index < -0.39 is 28.8 Å². The number of amides is 1. The lowest BCUT2D eigenvalue weighted by Crippen LogP contribution is -2.42. The number of oxime groups is 1. The molecule has 1 saturated heterocycles. The van der Waals surface area contributed by atoms with E-state index in [4.69, 9.17) is 9.47 Å². The summed E-state index contributed by atoms with van der Waals surface area (Å²) in [6.45, 7) is 6.50. The quantitative estimate of drug-likeness (QED) is 0.390. The molecular formula is C25H29F3N2O4. The first-order chi connectivity index (χ1) is 16.1. The van der Waals surface area contributed by atoms with Crippen LogP contribution in [-0.2, 0) is 9.57 Å². The van der Waals surface area contributed by atoms with Crippen molar-refractivity contribution in [2.45, 2.75) is 39.2 Å². The number of benzene rings is 2. The number of hydrogen-bond donors (Lipinski definition) is 0. The minimum Gasteiger partial charge on any atom is -0.487 e. The molecule has 1 aliphatic rings. The van der Waals surface area contributed by atoms with Crippen molar-refractivity contribution < 1.29 is 32.3 Å². The third-order valence-corrected chi connectivity index (χ3v) is 5.34. The van der Waals surface area contributed by atoms with Gasteiger partial charge in [-0.15, -0.1) is 0 Å². The highest BCUT2D eigenvalue weighted by Gasteiger charge is 2.27. The number of likely N-dealkylation sites (tertiary alicyclic amines) is 1. The zero-order valence-electron chi connectivity index (χ0n) is 19.7. The topological polar surface area (TPSA) is 60.4 Å². The van der Waals surface area contributed by atoms with Gasteiger partial charge in [-0.2, -0.15) is 0 Å². The largest absolute Gasteiger partial charge is 0.487 e. The molecule has 34 heavy (non-hydrogen) atoms. The Balaban J connectivity index is 1.61. The Morgan fingerprint density at radius 1 is 1.09 bits per heavy atom. The highest BCUT2D eigenvalue weighted by molar-refractivity contribution is 5.81. The molecule has 1 amide bonds. The lowest BCUT2D eigenvalue weighted by molar-refractivity contribution is 0.0163. The zero-order valence-corrected chi connectivity index (χ0v) is 19.7. The van der Waals surface area contributed by atoms with E-state index in [1.54, 1.807) is 31.7 Å². The fourth-order valence-electron chi connectivity index (χ4n) is 3.62. The van der Waals surface area contributed by atoms with Crippen LogP contribution in [0.2, 0.25) is 0 Å². The molecule has 0 aromatic heterocycles. The average molecular weight is 479 g/mol. The number of carbonyl (C=O) groups is 1. The minimum atomic E-state index is -0.911. The number of rotatable bonds is 6. The maximum atomic E-state index is 14.7. The van der Waals surface area contributed by atoms with Gasteiger partial charge in [0.15, 0.2) is 17.4 Å². The second-order valence-electron chi connectivity index (χ2n) is 9.15. The van der Waals surface area contributed by atoms with Gasteiger partial charge in [0.1, 0.15) is 18.5 Å². The van der Waals surface area contributed by atoms with Crippen LogP contribution in [-0.4, -0.2) is 49.6 Å². The Kier molecular flexibility index (Phi) is 8.06. The smallest absolute Gasteiger partial charge is 0.410 e. The zero-order chi connectivity index (χ0) is 24.9. The lowest BCUT2D eigenvalue weighted by atomic mass is 9.98. The summed E-state index contributed by atoms with van der Waals surface area (Å²) in [7, 11) is 1.36. The van der Waals surface area contributed by atoms with E-state index in [2.05, 4.69) is 9.99 Å². The Morgan fingerprint density at radius 3 is 2.29 bits per heavy atom. The molecule has 1 aliphatic heterocycles. The summed E-state index contributed by atoms with van der Waals surface area (Å²) < 4.78 is 54.6. The molecule has 0 atom stereocenters. The van der Waals surface area contributed by atoms with Crippen molar-refractivity contribution in [1.82, 2.24) is 4.90 Å². The molecule has 0 N–H and O–H groups in total. The molecule has 2 aromatic rings. The van der Waals surface area contributed by atoms with Gasteiger partial charge in [0.2, 0.25) is 0 Å². The van der Waals surface area contributed by atoms with Gasteiger partial charge in [0.25, 0.3) is 0 Å². The maximum absolute atomic E-state index is 14.7. The molecule has 2 aromatic carbocycles. The van der Waals surface area contributed by atoms with Gasteiger partial charge in [0.05, 0.1) is 12.8 Å². The lowest BCUT2D eigenvalue weighted by Gasteiger charge is -2.33. The Labute approximate surface area is 197 Å². The average Bonchev–Trinajstić information content (AvgIpc) is 2.76. The van der Waals surface area contributed by atoms with Crippen LogP contribution in [0.4, 0.5) is 18.0 Å². The van der Waals surface area contributed by atoms with E-state index in [1.807, 2.05) is 0 Å². The van der Waals surface area contributed by atoms with Crippen LogP contribution in [0.1, 0.15) is 39.2 Å². The molecule has 9 heteroatoms. The predicted molar refractivity (Wildman–Crippen MR) is 122 cm³/mol. The summed E-state index contributed by atoms with van der Waals surface area (Å²) >= 11 is 0. The van der Waals surface area contributed by atoms with E-state index in [0.717, 1.165) is 12.1 Å². The first-order valence-corrected chi connectivity index (χ1v) is 11.0. The molecule has 3 rings (SSSR count). The third-order valence-electron chi connectivity index (χ3n) is 5.34. The Morgan fingerprint density at radius 2 is 1.74 bits per heavy atom. The van der Waals surface area contributed by atoms with Gasteiger partial charge in [0, 0.05) is 18.7 Å². The normalized spacial score (nSPS) is 15.0. The SMILES string of the molecule is CO/N=C/c1ccc(-c2cc(F)c(OCC3CCN(C(=O)OC(C)(C)C)CC3)c(F)c2)c(F)c1. The van der Waals surface area contributed by atoms with E-state index >= 15 is 0 Å². The van der Waals surface area contributed by atoms with Gasteiger partial charge in [-0.3, -0.25) is 0 Å². The molecular weight excluding hydrogens is 449 g/mol. The van der Waals surface area contributed by atoms with Crippen LogP contribution < -0.4 is 4.74 Å². The highest BCUT2D eigenvalue weighted by Crippen LogP contribution is 2.31. The van der Waals surface area contributed by atoms with Crippen molar-refractivity contribution in [1.29, 1.82) is 0 Å². The van der Waals surface area contributed by atoms with Gasteiger partial charge < -0.3 is 19.2 Å². The summed E-state index contributed by atoms with van der Waals surface area (Å²) in [5, 5.41) is 3.56. The van der Waals surface area contributed by atoms with Crippen LogP contribution in [0.5, 0.6) is 5.75 Å². The second-order valence-corrected chi connectivity index (χ2v) is 9.15. The Bertz CT molecular complexity index is 1020. The Hall–Kier alpha value is -3.23. The summed E-state index contributed by atoms with van der Waals surface area (Å²) in [6, 6.07) is 6.27. The summed E-state index contributed by atoms with van der Waals surface area (Å²) in [5.41, 5.74) is -0.0162. The summed E-state index contributed by atoms with van der Waals surface area (Å²) in [4.78, 5) is 18.3. The number of carbonyl (C=O) groups excluding carboxylic acids is 1. The molecule has 1 fully saturated rings. The van der Waals surface area contributed by atoms with Gasteiger partial charge in [-0.25, -0.2) is 18.0 Å². The first kappa shape index (κ1) is 25.4. The molecule has 0 spiro atoms. The fourth-order valence-corrected chi connectivity index (χ4v) is 3.62. The minimum absolute atomic E-state index is 0.0379. The molecule has 0 unspecified atom stereocenters. The van der Waals surface area contributed by atoms with Crippen molar-refractivity contribution >= 4 is 12.3 Å². The van der Waals surface area contributed by atoms with Crippen molar-refractivity contribution in [2.24, 2.45) is 11.1 Å². The van der Waals surface area contributed by atoms with Crippen molar-refractivity contribution in [3.63, 3.8) is 0 Å². The van der Waals surface area contributed by atoms with Crippen LogP contribution in [0, 0.1) is 23.4 Å². The molecule has 1 heterocycles. The van der Waals surface area contributed by atoms with E-state index in [-0.39, 0.29) is 29.7 Å². The van der Waals surface area contributed by atoms with Crippen molar-refractivity contribution in [2.75, 3.05) is 26.8 Å². The van der Waals surface area contributed by atoms with Crippen LogP contribution >= 0.6 is 0 Å². The van der Waals surface area contributed by atoms with E-state index in [9.17, 15) is 18.0 Å². The highest BCUT2D eigenvalue weighted by atomic mass is 19.1. The van der Waals surface area contributed by atoms with Gasteiger partial charge >= 0.3 is 6.09 Å². The summed E-state index contributed by atoms with van der Waals surface area (Å²) in [6.07, 6.45) is 2.21. The van der Waals surface area contributed by atoms with Gasteiger partial charge in [-0.05, 0) is 68.9 Å². The number of hydrogen-bond acceptors (Lipinski definition) is 5. The standard InChI is InChI=1S/C25H29F3N2O4/c1-25(2,3)34-24(31)30-9-7-16(8-10-30)15-33-23-21(27)12-18(13-22(23)28)19-6-5-17(11-20(19)26)14-29-32-4/h5-6,11-14,16H,7-10,15H2,1-4H3/b29-14+. The van der Waals surface area contributed by atoms with Crippen LogP contribution in [0.15, 0.2) is 35.5 Å². The third kappa shape index (κ3) is 6.65. The molecule has 6 nitrogen and oxygen atoms in total. The van der Waals surface area contributed by atoms with E-state index in [0.29, 0.717) is 31.5 Å². The molecule has 0 saturated carbocycles.